The van der Waals surface area contributed by atoms with Gasteiger partial charge in [-0.05, 0) is 43.1 Å². The van der Waals surface area contributed by atoms with E-state index in [1.807, 2.05) is 12.1 Å². The van der Waals surface area contributed by atoms with Crippen LogP contribution in [0.25, 0.3) is 0 Å². The fourth-order valence-electron chi connectivity index (χ4n) is 2.64. The smallest absolute Gasteiger partial charge is 0.115 e. The summed E-state index contributed by atoms with van der Waals surface area (Å²) in [4.78, 5) is 0. The molecule has 1 aliphatic heterocycles. The third-order valence-corrected chi connectivity index (χ3v) is 3.84. The van der Waals surface area contributed by atoms with Gasteiger partial charge in [-0.15, -0.1) is 0 Å². The van der Waals surface area contributed by atoms with Gasteiger partial charge in [0.15, 0.2) is 0 Å². The molecule has 1 aromatic carbocycles. The average Bonchev–Trinajstić information content (AvgIpc) is 2.30. The van der Waals surface area contributed by atoms with Gasteiger partial charge in [0, 0.05) is 5.41 Å². The molecule has 88 valence electrons. The predicted octanol–water partition coefficient (Wildman–Crippen LogP) is 1.25. The molecule has 0 radical (unpaired) electrons. The quantitative estimate of drug-likeness (QED) is 0.704. The number of hydrogen-bond donors (Lipinski definition) is 3. The van der Waals surface area contributed by atoms with E-state index in [1.165, 1.54) is 0 Å². The van der Waals surface area contributed by atoms with Crippen molar-refractivity contribution in [3.05, 3.63) is 29.8 Å². The molecule has 0 aliphatic carbocycles. The van der Waals surface area contributed by atoms with Crippen molar-refractivity contribution in [3.8, 4) is 5.75 Å². The third-order valence-electron chi connectivity index (χ3n) is 3.84. The lowest BCUT2D eigenvalue weighted by Crippen LogP contribution is -2.49. The van der Waals surface area contributed by atoms with E-state index in [-0.39, 0.29) is 17.8 Å². The standard InChI is InChI=1S/C13H19NO2/c1-10-8-14-6-5-13(10,9-15)11-3-2-4-12(16)7-11/h2-4,7,10,14-16H,5-6,8-9H2,1H3/t10-,13+/m0/s1. The van der Waals surface area contributed by atoms with E-state index in [1.54, 1.807) is 12.1 Å². The molecule has 3 N–H and O–H groups in total. The van der Waals surface area contributed by atoms with Gasteiger partial charge in [-0.2, -0.15) is 0 Å². The first kappa shape index (κ1) is 11.4. The highest BCUT2D eigenvalue weighted by atomic mass is 16.3. The summed E-state index contributed by atoms with van der Waals surface area (Å²) in [6.45, 7) is 4.11. The second-order valence-electron chi connectivity index (χ2n) is 4.72. The van der Waals surface area contributed by atoms with E-state index in [2.05, 4.69) is 12.2 Å². The summed E-state index contributed by atoms with van der Waals surface area (Å²) in [7, 11) is 0. The van der Waals surface area contributed by atoms with Crippen LogP contribution < -0.4 is 5.32 Å². The van der Waals surface area contributed by atoms with E-state index in [4.69, 9.17) is 0 Å². The first-order valence-electron chi connectivity index (χ1n) is 5.80. The summed E-state index contributed by atoms with van der Waals surface area (Å²) in [5, 5.41) is 22.6. The zero-order valence-electron chi connectivity index (χ0n) is 9.61. The average molecular weight is 221 g/mol. The van der Waals surface area contributed by atoms with Crippen molar-refractivity contribution in [3.63, 3.8) is 0 Å². The summed E-state index contributed by atoms with van der Waals surface area (Å²) in [6, 6.07) is 7.28. The number of aliphatic hydroxyl groups is 1. The van der Waals surface area contributed by atoms with Crippen molar-refractivity contribution in [2.75, 3.05) is 19.7 Å². The maximum absolute atomic E-state index is 9.75. The van der Waals surface area contributed by atoms with Crippen LogP contribution in [0.3, 0.4) is 0 Å². The Hall–Kier alpha value is -1.06. The van der Waals surface area contributed by atoms with Crippen LogP contribution in [-0.4, -0.2) is 29.9 Å². The van der Waals surface area contributed by atoms with E-state index < -0.39 is 0 Å². The van der Waals surface area contributed by atoms with Crippen LogP contribution in [0.2, 0.25) is 0 Å². The number of benzene rings is 1. The van der Waals surface area contributed by atoms with Gasteiger partial charge in [-0.1, -0.05) is 19.1 Å². The summed E-state index contributed by atoms with van der Waals surface area (Å²) in [6.07, 6.45) is 0.911. The lowest BCUT2D eigenvalue weighted by molar-refractivity contribution is 0.112. The van der Waals surface area contributed by atoms with Crippen LogP contribution in [0.5, 0.6) is 5.75 Å². The van der Waals surface area contributed by atoms with Crippen molar-refractivity contribution in [2.45, 2.75) is 18.8 Å². The fourth-order valence-corrected chi connectivity index (χ4v) is 2.64. The molecule has 1 saturated heterocycles. The monoisotopic (exact) mass is 221 g/mol. The SMILES string of the molecule is C[C@H]1CNCC[C@]1(CO)c1cccc(O)c1. The zero-order valence-corrected chi connectivity index (χ0v) is 9.61. The minimum absolute atomic E-state index is 0.138. The maximum Gasteiger partial charge on any atom is 0.115 e. The normalized spacial score (nSPS) is 30.2. The first-order chi connectivity index (χ1) is 7.69. The molecule has 3 nitrogen and oxygen atoms in total. The molecule has 1 fully saturated rings. The van der Waals surface area contributed by atoms with Crippen LogP contribution in [0.1, 0.15) is 18.9 Å². The van der Waals surface area contributed by atoms with E-state index in [0.717, 1.165) is 25.1 Å². The molecule has 0 bridgehead atoms. The number of rotatable bonds is 2. The van der Waals surface area contributed by atoms with Gasteiger partial charge in [0.1, 0.15) is 5.75 Å². The number of phenols is 1. The number of aromatic hydroxyl groups is 1. The van der Waals surface area contributed by atoms with Gasteiger partial charge in [-0.25, -0.2) is 0 Å². The first-order valence-corrected chi connectivity index (χ1v) is 5.80. The Labute approximate surface area is 96.1 Å². The Morgan fingerprint density at radius 2 is 2.31 bits per heavy atom. The molecule has 0 amide bonds. The number of phenolic OH excluding ortho intramolecular Hbond substituents is 1. The molecule has 3 heteroatoms. The number of aliphatic hydroxyl groups excluding tert-OH is 1. The van der Waals surface area contributed by atoms with E-state index in [0.29, 0.717) is 5.92 Å². The van der Waals surface area contributed by atoms with Gasteiger partial charge < -0.3 is 15.5 Å². The van der Waals surface area contributed by atoms with Crippen molar-refractivity contribution in [2.24, 2.45) is 5.92 Å². The molecule has 2 rings (SSSR count). The van der Waals surface area contributed by atoms with Gasteiger partial charge >= 0.3 is 0 Å². The highest BCUT2D eigenvalue weighted by molar-refractivity contribution is 5.34. The van der Waals surface area contributed by atoms with E-state index in [9.17, 15) is 10.2 Å². The Morgan fingerprint density at radius 1 is 1.50 bits per heavy atom. The maximum atomic E-state index is 9.75. The van der Waals surface area contributed by atoms with Crippen molar-refractivity contribution in [1.82, 2.24) is 5.32 Å². The third kappa shape index (κ3) is 1.81. The second-order valence-corrected chi connectivity index (χ2v) is 4.72. The Balaban J connectivity index is 2.40. The van der Waals surface area contributed by atoms with E-state index >= 15 is 0 Å². The number of piperidine rings is 1. The van der Waals surface area contributed by atoms with Gasteiger partial charge in [0.25, 0.3) is 0 Å². The molecule has 16 heavy (non-hydrogen) atoms. The molecule has 0 saturated carbocycles. The molecular formula is C13H19NO2. The minimum Gasteiger partial charge on any atom is -0.508 e. The Kier molecular flexibility index (Phi) is 3.17. The zero-order chi connectivity index (χ0) is 11.6. The van der Waals surface area contributed by atoms with Crippen LogP contribution in [-0.2, 0) is 5.41 Å². The van der Waals surface area contributed by atoms with Crippen LogP contribution in [0, 0.1) is 5.92 Å². The summed E-state index contributed by atoms with van der Waals surface area (Å²) in [5.41, 5.74) is 0.841. The molecule has 2 atom stereocenters. The summed E-state index contributed by atoms with van der Waals surface area (Å²) >= 11 is 0. The fraction of sp³-hybridized carbons (Fsp3) is 0.538. The number of nitrogens with one attached hydrogen (secondary N) is 1. The highest BCUT2D eigenvalue weighted by Crippen LogP contribution is 2.38. The Bertz CT molecular complexity index is 367. The second kappa shape index (κ2) is 4.44. The topological polar surface area (TPSA) is 52.5 Å². The van der Waals surface area contributed by atoms with Crippen LogP contribution >= 0.6 is 0 Å². The van der Waals surface area contributed by atoms with Crippen molar-refractivity contribution >= 4 is 0 Å². The minimum atomic E-state index is -0.204. The van der Waals surface area contributed by atoms with Crippen LogP contribution in [0.15, 0.2) is 24.3 Å². The lowest BCUT2D eigenvalue weighted by Gasteiger charge is -2.42. The number of hydrogen-bond acceptors (Lipinski definition) is 3. The molecule has 1 aliphatic rings. The molecule has 0 aromatic heterocycles. The van der Waals surface area contributed by atoms with Crippen molar-refractivity contribution < 1.29 is 10.2 Å². The van der Waals surface area contributed by atoms with Gasteiger partial charge in [0.2, 0.25) is 0 Å². The highest BCUT2D eigenvalue weighted by Gasteiger charge is 2.39. The molecule has 1 aromatic rings. The summed E-state index contributed by atoms with van der Waals surface area (Å²) in [5.74, 6) is 0.643. The molecule has 0 spiro atoms. The largest absolute Gasteiger partial charge is 0.508 e. The predicted molar refractivity (Wildman–Crippen MR) is 63.5 cm³/mol. The van der Waals surface area contributed by atoms with Gasteiger partial charge in [-0.3, -0.25) is 0 Å². The summed E-state index contributed by atoms with van der Waals surface area (Å²) < 4.78 is 0. The van der Waals surface area contributed by atoms with Crippen LogP contribution in [0.4, 0.5) is 0 Å². The van der Waals surface area contributed by atoms with Gasteiger partial charge in [0.05, 0.1) is 6.61 Å². The molecular weight excluding hydrogens is 202 g/mol. The lowest BCUT2D eigenvalue weighted by atomic mass is 9.67. The molecule has 0 unspecified atom stereocenters. The van der Waals surface area contributed by atoms with Crippen molar-refractivity contribution in [1.29, 1.82) is 0 Å². The molecule has 1 heterocycles. The Morgan fingerprint density at radius 3 is 2.94 bits per heavy atom.